The van der Waals surface area contributed by atoms with Crippen LogP contribution < -0.4 is 5.32 Å². The van der Waals surface area contributed by atoms with Crippen LogP contribution in [0, 0.1) is 0 Å². The summed E-state index contributed by atoms with van der Waals surface area (Å²) in [6.45, 7) is 4.61. The Morgan fingerprint density at radius 1 is 1.41 bits per heavy atom. The Balaban J connectivity index is 1.84. The lowest BCUT2D eigenvalue weighted by atomic mass is 10.4. The fourth-order valence-corrected chi connectivity index (χ4v) is 2.83. The van der Waals surface area contributed by atoms with Gasteiger partial charge in [-0.25, -0.2) is 4.99 Å². The summed E-state index contributed by atoms with van der Waals surface area (Å²) in [6.07, 6.45) is 2.52. The summed E-state index contributed by atoms with van der Waals surface area (Å²) in [5.74, 6) is -0.188. The molecular formula is C15H23N3O3S. The molecule has 7 heteroatoms. The lowest BCUT2D eigenvalue weighted by Crippen LogP contribution is -2.34. The van der Waals surface area contributed by atoms with Crippen molar-refractivity contribution in [2.24, 2.45) is 4.99 Å². The number of thiophene rings is 1. The topological polar surface area (TPSA) is 63.2 Å². The normalized spacial score (nSPS) is 16.0. The minimum atomic E-state index is -0.188. The zero-order valence-electron chi connectivity index (χ0n) is 12.9. The van der Waals surface area contributed by atoms with E-state index in [1.165, 1.54) is 24.2 Å². The number of carbonyl (C=O) groups excluding carboxylic acids is 1. The van der Waals surface area contributed by atoms with E-state index in [9.17, 15) is 4.79 Å². The Kier molecular flexibility index (Phi) is 7.35. The molecule has 0 atom stereocenters. The summed E-state index contributed by atoms with van der Waals surface area (Å²) in [4.78, 5) is 19.5. The van der Waals surface area contributed by atoms with Gasteiger partial charge >= 0.3 is 0 Å². The number of rotatable bonds is 7. The third-order valence-corrected chi connectivity index (χ3v) is 4.23. The zero-order valence-corrected chi connectivity index (χ0v) is 13.7. The smallest absolute Gasteiger partial charge is 0.291 e. The maximum absolute atomic E-state index is 12.1. The molecule has 0 aromatic carbocycles. The quantitative estimate of drug-likeness (QED) is 0.470. The molecule has 2 rings (SSSR count). The van der Waals surface area contributed by atoms with Gasteiger partial charge in [0, 0.05) is 13.7 Å². The van der Waals surface area contributed by atoms with Gasteiger partial charge in [0.2, 0.25) is 0 Å². The average molecular weight is 325 g/mol. The number of hydrogen-bond donors (Lipinski definition) is 1. The number of carbonyl (C=O) groups is 1. The molecule has 0 radical (unpaired) electrons. The van der Waals surface area contributed by atoms with Gasteiger partial charge in [0.1, 0.15) is 6.61 Å². The summed E-state index contributed by atoms with van der Waals surface area (Å²) in [5, 5.41) is 4.59. The van der Waals surface area contributed by atoms with Gasteiger partial charge in [-0.05, 0) is 37.4 Å². The van der Waals surface area contributed by atoms with Gasteiger partial charge in [0.15, 0.2) is 0 Å². The van der Waals surface area contributed by atoms with Crippen molar-refractivity contribution in [3.63, 3.8) is 0 Å². The summed E-state index contributed by atoms with van der Waals surface area (Å²) in [6, 6.07) is 3.89. The number of ether oxygens (including phenoxy) is 2. The van der Waals surface area contributed by atoms with E-state index in [4.69, 9.17) is 9.47 Å². The second-order valence-corrected chi connectivity index (χ2v) is 5.96. The van der Waals surface area contributed by atoms with Crippen LogP contribution in [0.2, 0.25) is 0 Å². The Morgan fingerprint density at radius 3 is 2.91 bits per heavy atom. The Labute approximate surface area is 135 Å². The van der Waals surface area contributed by atoms with Crippen molar-refractivity contribution in [1.82, 2.24) is 10.2 Å². The molecule has 1 fully saturated rings. The standard InChI is InChI=1S/C15H23N3O3S/c1-20-10-11-21-15(16-6-9-18-7-2-3-8-18)17-14(19)13-5-4-12-22-13/h4-5,12H,2-3,6-11H2,1H3,(H,16,17,19). The SMILES string of the molecule is COCCOC(=NCCN1CCCC1)NC(=O)c1cccs1. The first-order valence-corrected chi connectivity index (χ1v) is 8.41. The van der Waals surface area contributed by atoms with Crippen LogP contribution in [0.15, 0.2) is 22.5 Å². The molecule has 1 aliphatic heterocycles. The van der Waals surface area contributed by atoms with Gasteiger partial charge in [-0.1, -0.05) is 6.07 Å². The predicted molar refractivity (Wildman–Crippen MR) is 87.6 cm³/mol. The highest BCUT2D eigenvalue weighted by atomic mass is 32.1. The molecule has 1 aliphatic rings. The molecule has 1 saturated heterocycles. The number of amides is 1. The number of likely N-dealkylation sites (tertiary alicyclic amines) is 1. The number of nitrogens with zero attached hydrogens (tertiary/aromatic N) is 2. The fraction of sp³-hybridized carbons (Fsp3) is 0.600. The van der Waals surface area contributed by atoms with E-state index < -0.39 is 0 Å². The fourth-order valence-electron chi connectivity index (χ4n) is 2.21. The van der Waals surface area contributed by atoms with Gasteiger partial charge in [-0.2, -0.15) is 0 Å². The molecule has 1 aromatic heterocycles. The molecule has 2 heterocycles. The molecule has 1 amide bonds. The van der Waals surface area contributed by atoms with Crippen LogP contribution in [0.4, 0.5) is 0 Å². The van der Waals surface area contributed by atoms with Gasteiger partial charge in [-0.3, -0.25) is 10.1 Å². The van der Waals surface area contributed by atoms with E-state index in [1.54, 1.807) is 13.2 Å². The summed E-state index contributed by atoms with van der Waals surface area (Å²) in [7, 11) is 1.61. The van der Waals surface area contributed by atoms with Crippen molar-refractivity contribution in [1.29, 1.82) is 0 Å². The van der Waals surface area contributed by atoms with Gasteiger partial charge in [0.25, 0.3) is 11.9 Å². The minimum Gasteiger partial charge on any atom is -0.463 e. The molecule has 0 bridgehead atoms. The van der Waals surface area contributed by atoms with Crippen LogP contribution in [-0.2, 0) is 9.47 Å². The lowest BCUT2D eigenvalue weighted by Gasteiger charge is -2.14. The summed E-state index contributed by atoms with van der Waals surface area (Å²) < 4.78 is 10.5. The van der Waals surface area contributed by atoms with E-state index in [1.807, 2.05) is 11.4 Å². The zero-order chi connectivity index (χ0) is 15.6. The highest BCUT2D eigenvalue weighted by Crippen LogP contribution is 2.08. The molecular weight excluding hydrogens is 302 g/mol. The molecule has 0 spiro atoms. The third-order valence-electron chi connectivity index (χ3n) is 3.36. The maximum Gasteiger partial charge on any atom is 0.291 e. The van der Waals surface area contributed by atoms with Crippen LogP contribution in [0.5, 0.6) is 0 Å². The van der Waals surface area contributed by atoms with Gasteiger partial charge in [0.05, 0.1) is 18.0 Å². The van der Waals surface area contributed by atoms with E-state index in [-0.39, 0.29) is 11.9 Å². The number of nitrogens with one attached hydrogen (secondary N) is 1. The van der Waals surface area contributed by atoms with E-state index in [0.29, 0.717) is 24.6 Å². The lowest BCUT2D eigenvalue weighted by molar-refractivity contribution is 0.0957. The van der Waals surface area contributed by atoms with E-state index in [0.717, 1.165) is 19.6 Å². The third kappa shape index (κ3) is 5.75. The van der Waals surface area contributed by atoms with Crippen molar-refractivity contribution in [2.75, 3.05) is 46.5 Å². The molecule has 122 valence electrons. The van der Waals surface area contributed by atoms with Crippen LogP contribution in [0.1, 0.15) is 22.5 Å². The number of amidine groups is 1. The second-order valence-electron chi connectivity index (χ2n) is 5.01. The molecule has 1 aromatic rings. The average Bonchev–Trinajstić information content (AvgIpc) is 3.20. The predicted octanol–water partition coefficient (Wildman–Crippen LogP) is 1.59. The molecule has 0 aliphatic carbocycles. The first-order chi connectivity index (χ1) is 10.8. The monoisotopic (exact) mass is 325 g/mol. The van der Waals surface area contributed by atoms with Gasteiger partial charge < -0.3 is 14.4 Å². The number of aliphatic imine (C=N–C) groups is 1. The van der Waals surface area contributed by atoms with E-state index in [2.05, 4.69) is 15.2 Å². The van der Waals surface area contributed by atoms with Gasteiger partial charge in [-0.15, -0.1) is 11.3 Å². The second kappa shape index (κ2) is 9.55. The van der Waals surface area contributed by atoms with Crippen LogP contribution in [-0.4, -0.2) is 63.3 Å². The highest BCUT2D eigenvalue weighted by Gasteiger charge is 2.13. The van der Waals surface area contributed by atoms with Crippen molar-refractivity contribution < 1.29 is 14.3 Å². The highest BCUT2D eigenvalue weighted by molar-refractivity contribution is 7.12. The summed E-state index contributed by atoms with van der Waals surface area (Å²) in [5.41, 5.74) is 0. The first kappa shape index (κ1) is 16.9. The molecule has 22 heavy (non-hydrogen) atoms. The Bertz CT molecular complexity index is 470. The van der Waals surface area contributed by atoms with Crippen LogP contribution >= 0.6 is 11.3 Å². The summed E-state index contributed by atoms with van der Waals surface area (Å²) >= 11 is 1.39. The molecule has 1 N–H and O–H groups in total. The van der Waals surface area contributed by atoms with Crippen LogP contribution in [0.25, 0.3) is 0 Å². The van der Waals surface area contributed by atoms with Crippen molar-refractivity contribution in [3.05, 3.63) is 22.4 Å². The molecule has 6 nitrogen and oxygen atoms in total. The Hall–Kier alpha value is -1.44. The van der Waals surface area contributed by atoms with E-state index >= 15 is 0 Å². The molecule has 0 saturated carbocycles. The van der Waals surface area contributed by atoms with Crippen molar-refractivity contribution >= 4 is 23.3 Å². The largest absolute Gasteiger partial charge is 0.463 e. The number of methoxy groups -OCH3 is 1. The molecule has 0 unspecified atom stereocenters. The number of hydrogen-bond acceptors (Lipinski definition) is 6. The Morgan fingerprint density at radius 2 is 2.23 bits per heavy atom. The van der Waals surface area contributed by atoms with Crippen molar-refractivity contribution in [3.8, 4) is 0 Å². The maximum atomic E-state index is 12.1. The van der Waals surface area contributed by atoms with Crippen LogP contribution in [0.3, 0.4) is 0 Å². The minimum absolute atomic E-state index is 0.188. The van der Waals surface area contributed by atoms with Crippen molar-refractivity contribution in [2.45, 2.75) is 12.8 Å². The first-order valence-electron chi connectivity index (χ1n) is 7.53.